The van der Waals surface area contributed by atoms with Crippen molar-refractivity contribution in [3.63, 3.8) is 0 Å². The highest BCUT2D eigenvalue weighted by Crippen LogP contribution is 2.41. The summed E-state index contributed by atoms with van der Waals surface area (Å²) in [6.07, 6.45) is 4.94. The van der Waals surface area contributed by atoms with Gasteiger partial charge in [-0.25, -0.2) is 0 Å². The summed E-state index contributed by atoms with van der Waals surface area (Å²) in [7, 11) is 3.84. The lowest BCUT2D eigenvalue weighted by atomic mass is 9.71. The van der Waals surface area contributed by atoms with E-state index in [0.29, 0.717) is 5.41 Å². The predicted octanol–water partition coefficient (Wildman–Crippen LogP) is 2.19. The Bertz CT molecular complexity index is 155. The molecule has 1 N–H and O–H groups in total. The average Bonchev–Trinajstić information content (AvgIpc) is 2.10. The van der Waals surface area contributed by atoms with E-state index in [2.05, 4.69) is 19.2 Å². The molecule has 0 radical (unpaired) electrons. The minimum atomic E-state index is 0.115. The van der Waals surface area contributed by atoms with Crippen LogP contribution < -0.4 is 5.32 Å². The molecule has 78 valence electrons. The quantitative estimate of drug-likeness (QED) is 0.727. The zero-order chi connectivity index (χ0) is 9.95. The molecule has 1 rings (SSSR count). The number of methoxy groups -OCH3 is 1. The Balaban J connectivity index is 2.52. The van der Waals surface area contributed by atoms with Gasteiger partial charge in [0.05, 0.1) is 5.60 Å². The monoisotopic (exact) mass is 185 g/mol. The van der Waals surface area contributed by atoms with Crippen LogP contribution in [0.25, 0.3) is 0 Å². The number of rotatable bonds is 3. The number of likely N-dealkylation sites (N-methyl/N-ethyl adjacent to an activating group) is 1. The normalized spacial score (nSPS) is 25.8. The lowest BCUT2D eigenvalue weighted by Gasteiger charge is -2.42. The van der Waals surface area contributed by atoms with Gasteiger partial charge in [0.25, 0.3) is 0 Å². The van der Waals surface area contributed by atoms with Gasteiger partial charge in [0.1, 0.15) is 0 Å². The van der Waals surface area contributed by atoms with Gasteiger partial charge in [0.2, 0.25) is 0 Å². The summed E-state index contributed by atoms with van der Waals surface area (Å²) in [6, 6.07) is 0. The molecule has 2 heteroatoms. The van der Waals surface area contributed by atoms with Crippen molar-refractivity contribution in [2.75, 3.05) is 20.7 Å². The Kier molecular flexibility index (Phi) is 3.36. The lowest BCUT2D eigenvalue weighted by Crippen LogP contribution is -2.45. The smallest absolute Gasteiger partial charge is 0.0802 e. The maximum Gasteiger partial charge on any atom is 0.0802 e. The molecule has 0 spiro atoms. The zero-order valence-electron chi connectivity index (χ0n) is 9.44. The highest BCUT2D eigenvalue weighted by atomic mass is 16.5. The molecule has 0 saturated heterocycles. The summed E-state index contributed by atoms with van der Waals surface area (Å²) in [5.41, 5.74) is 0.639. The van der Waals surface area contributed by atoms with E-state index >= 15 is 0 Å². The maximum atomic E-state index is 5.65. The molecule has 0 atom stereocenters. The summed E-state index contributed by atoms with van der Waals surface area (Å²) in [4.78, 5) is 0. The van der Waals surface area contributed by atoms with E-state index in [9.17, 15) is 0 Å². The third-order valence-corrected chi connectivity index (χ3v) is 3.45. The molecule has 2 nitrogen and oxygen atoms in total. The summed E-state index contributed by atoms with van der Waals surface area (Å²) >= 11 is 0. The van der Waals surface area contributed by atoms with Gasteiger partial charge in [-0.2, -0.15) is 0 Å². The molecule has 1 aliphatic rings. The van der Waals surface area contributed by atoms with Crippen LogP contribution >= 0.6 is 0 Å². The SMILES string of the molecule is CNCC1(OC)CCC(C)(C)CC1. The minimum Gasteiger partial charge on any atom is -0.377 e. The van der Waals surface area contributed by atoms with Crippen molar-refractivity contribution in [3.05, 3.63) is 0 Å². The van der Waals surface area contributed by atoms with Crippen molar-refractivity contribution in [1.82, 2.24) is 5.32 Å². The minimum absolute atomic E-state index is 0.115. The largest absolute Gasteiger partial charge is 0.377 e. The standard InChI is InChI=1S/C11H23NO/c1-10(2)5-7-11(13-4,8-6-10)9-12-3/h12H,5-9H2,1-4H3. The van der Waals surface area contributed by atoms with Crippen LogP contribution in [-0.4, -0.2) is 26.3 Å². The molecule has 0 bridgehead atoms. The van der Waals surface area contributed by atoms with Gasteiger partial charge in [-0.1, -0.05) is 13.8 Å². The molecule has 0 aromatic heterocycles. The molecule has 0 aromatic carbocycles. The second-order valence-electron chi connectivity index (χ2n) is 5.08. The molecule has 13 heavy (non-hydrogen) atoms. The van der Waals surface area contributed by atoms with Crippen molar-refractivity contribution in [2.45, 2.75) is 45.1 Å². The van der Waals surface area contributed by atoms with E-state index in [-0.39, 0.29) is 5.60 Å². The van der Waals surface area contributed by atoms with Crippen molar-refractivity contribution in [1.29, 1.82) is 0 Å². The van der Waals surface area contributed by atoms with Gasteiger partial charge < -0.3 is 10.1 Å². The third kappa shape index (κ3) is 2.68. The van der Waals surface area contributed by atoms with Crippen LogP contribution in [0.2, 0.25) is 0 Å². The van der Waals surface area contributed by atoms with Gasteiger partial charge in [-0.15, -0.1) is 0 Å². The Hall–Kier alpha value is -0.0800. The molecular weight excluding hydrogens is 162 g/mol. The third-order valence-electron chi connectivity index (χ3n) is 3.45. The summed E-state index contributed by atoms with van der Waals surface area (Å²) in [5, 5.41) is 3.23. The number of ether oxygens (including phenoxy) is 1. The van der Waals surface area contributed by atoms with Crippen LogP contribution in [0.3, 0.4) is 0 Å². The van der Waals surface area contributed by atoms with Gasteiger partial charge >= 0.3 is 0 Å². The molecule has 1 fully saturated rings. The van der Waals surface area contributed by atoms with Crippen LogP contribution in [0, 0.1) is 5.41 Å². The first-order chi connectivity index (χ1) is 6.04. The molecule has 1 aliphatic carbocycles. The highest BCUT2D eigenvalue weighted by Gasteiger charge is 2.37. The maximum absolute atomic E-state index is 5.65. The first-order valence-corrected chi connectivity index (χ1v) is 5.23. The molecule has 0 aliphatic heterocycles. The zero-order valence-corrected chi connectivity index (χ0v) is 9.44. The first kappa shape index (κ1) is 11.0. The Morgan fingerprint density at radius 1 is 1.15 bits per heavy atom. The van der Waals surface area contributed by atoms with Crippen molar-refractivity contribution >= 4 is 0 Å². The summed E-state index contributed by atoms with van der Waals surface area (Å²) in [5.74, 6) is 0. The van der Waals surface area contributed by atoms with Crippen LogP contribution in [0.15, 0.2) is 0 Å². The molecule has 0 unspecified atom stereocenters. The van der Waals surface area contributed by atoms with Crippen molar-refractivity contribution in [2.24, 2.45) is 5.41 Å². The van der Waals surface area contributed by atoms with E-state index < -0.39 is 0 Å². The van der Waals surface area contributed by atoms with Crippen LogP contribution in [0.5, 0.6) is 0 Å². The fraction of sp³-hybridized carbons (Fsp3) is 1.00. The molecule has 0 aromatic rings. The lowest BCUT2D eigenvalue weighted by molar-refractivity contribution is -0.0582. The van der Waals surface area contributed by atoms with Crippen molar-refractivity contribution < 1.29 is 4.74 Å². The molecular formula is C11H23NO. The number of hydrogen-bond acceptors (Lipinski definition) is 2. The van der Waals surface area contributed by atoms with E-state index in [4.69, 9.17) is 4.74 Å². The second-order valence-corrected chi connectivity index (χ2v) is 5.08. The first-order valence-electron chi connectivity index (χ1n) is 5.23. The van der Waals surface area contributed by atoms with E-state index in [1.165, 1.54) is 25.7 Å². The molecule has 0 amide bonds. The van der Waals surface area contributed by atoms with Gasteiger partial charge in [0, 0.05) is 13.7 Å². The highest BCUT2D eigenvalue weighted by molar-refractivity contribution is 4.91. The summed E-state index contributed by atoms with van der Waals surface area (Å²) < 4.78 is 5.65. The van der Waals surface area contributed by atoms with Gasteiger partial charge in [-0.05, 0) is 38.1 Å². The average molecular weight is 185 g/mol. The van der Waals surface area contributed by atoms with E-state index in [1.54, 1.807) is 0 Å². The summed E-state index contributed by atoms with van der Waals surface area (Å²) in [6.45, 7) is 5.69. The second kappa shape index (κ2) is 3.97. The van der Waals surface area contributed by atoms with Crippen molar-refractivity contribution in [3.8, 4) is 0 Å². The molecule has 0 heterocycles. The fourth-order valence-electron chi connectivity index (χ4n) is 2.16. The van der Waals surface area contributed by atoms with E-state index in [0.717, 1.165) is 6.54 Å². The Morgan fingerprint density at radius 3 is 2.08 bits per heavy atom. The fourth-order valence-corrected chi connectivity index (χ4v) is 2.16. The molecule has 1 saturated carbocycles. The Labute approximate surface area is 82.0 Å². The number of hydrogen-bond donors (Lipinski definition) is 1. The predicted molar refractivity (Wildman–Crippen MR) is 55.9 cm³/mol. The van der Waals surface area contributed by atoms with Gasteiger partial charge in [-0.3, -0.25) is 0 Å². The number of nitrogens with one attached hydrogen (secondary N) is 1. The van der Waals surface area contributed by atoms with Crippen LogP contribution in [-0.2, 0) is 4.74 Å². The topological polar surface area (TPSA) is 21.3 Å². The Morgan fingerprint density at radius 2 is 1.69 bits per heavy atom. The van der Waals surface area contributed by atoms with E-state index in [1.807, 2.05) is 14.2 Å². The van der Waals surface area contributed by atoms with Gasteiger partial charge in [0.15, 0.2) is 0 Å². The van der Waals surface area contributed by atoms with Crippen LogP contribution in [0.4, 0.5) is 0 Å². The van der Waals surface area contributed by atoms with Crippen LogP contribution in [0.1, 0.15) is 39.5 Å².